The van der Waals surface area contributed by atoms with E-state index in [1.807, 2.05) is 27.2 Å². The van der Waals surface area contributed by atoms with Crippen LogP contribution in [0.25, 0.3) is 0 Å². The van der Waals surface area contributed by atoms with E-state index in [-0.39, 0.29) is 19.1 Å². The van der Waals surface area contributed by atoms with E-state index in [0.29, 0.717) is 17.4 Å². The second-order valence-electron chi connectivity index (χ2n) is 25.9. The number of amides is 1. The number of unbranched alkanes of at least 4 members (excludes halogenated alkanes) is 52. The molecule has 0 spiro atoms. The van der Waals surface area contributed by atoms with Crippen molar-refractivity contribution in [3.63, 3.8) is 0 Å². The Morgan fingerprint density at radius 3 is 0.975 bits per heavy atom. The van der Waals surface area contributed by atoms with E-state index in [1.54, 1.807) is 6.08 Å². The van der Waals surface area contributed by atoms with Crippen molar-refractivity contribution < 1.29 is 32.9 Å². The molecule has 0 saturated carbocycles. The second kappa shape index (κ2) is 62.5. The molecule has 0 bridgehead atoms. The first-order valence-electron chi connectivity index (χ1n) is 35.7. The van der Waals surface area contributed by atoms with Crippen LogP contribution in [0.1, 0.15) is 373 Å². The lowest BCUT2D eigenvalue weighted by molar-refractivity contribution is -0.870. The molecule has 2 N–H and O–H groups in total. The largest absolute Gasteiger partial charge is 0.756 e. The maximum absolute atomic E-state index is 13.0. The van der Waals surface area contributed by atoms with Crippen LogP contribution in [0.2, 0.25) is 0 Å². The Bertz CT molecular complexity index is 1350. The molecule has 476 valence electrons. The summed E-state index contributed by atoms with van der Waals surface area (Å²) in [5.41, 5.74) is 0. The van der Waals surface area contributed by atoms with Gasteiger partial charge in [0.15, 0.2) is 0 Å². The lowest BCUT2D eigenvalue weighted by Crippen LogP contribution is -2.45. The predicted molar refractivity (Wildman–Crippen MR) is 349 cm³/mol. The van der Waals surface area contributed by atoms with Crippen molar-refractivity contribution in [1.29, 1.82) is 0 Å². The van der Waals surface area contributed by atoms with E-state index in [4.69, 9.17) is 9.05 Å². The number of rotatable bonds is 67. The molecule has 0 heterocycles. The number of hydrogen-bond donors (Lipinski definition) is 2. The summed E-state index contributed by atoms with van der Waals surface area (Å²) in [6.45, 7) is 4.71. The highest BCUT2D eigenvalue weighted by Gasteiger charge is 2.23. The number of carbonyl (C=O) groups is 1. The van der Waals surface area contributed by atoms with Crippen molar-refractivity contribution >= 4 is 13.7 Å². The van der Waals surface area contributed by atoms with Crippen molar-refractivity contribution in [3.05, 3.63) is 24.3 Å². The van der Waals surface area contributed by atoms with Crippen LogP contribution in [0.3, 0.4) is 0 Å². The van der Waals surface area contributed by atoms with Crippen molar-refractivity contribution in [2.75, 3.05) is 40.9 Å². The SMILES string of the molecule is CCCCCCCCCC/C=C\CCCCCCCCCCCCCCCCCC(=O)NC(COP(=O)([O-])OCC[N+](C)(C)C)C(O)/C=C/CCCCCCCCCCCCCCCCCCCCCCCCCCCCCCC. The van der Waals surface area contributed by atoms with Crippen LogP contribution in [0.4, 0.5) is 0 Å². The molecule has 0 radical (unpaired) electrons. The standard InChI is InChI=1S/C71H141N2O6P/c1-6-8-10-12-14-16-18-20-22-24-26-28-30-32-34-35-36-37-39-40-42-44-46-48-50-52-54-56-58-60-62-64-70(74)69(68-79-80(76,77)78-67-66-73(3,4)5)72-71(75)65-63-61-59-57-55-53-51-49-47-45-43-41-38-33-31-29-27-25-23-21-19-17-15-13-11-9-7-2/h25,27,62,64,69-70,74H,6-24,26,28-61,63,65-68H2,1-5H3,(H-,72,75,76,77)/b27-25-,64-62+. The van der Waals surface area contributed by atoms with Crippen molar-refractivity contribution in [3.8, 4) is 0 Å². The first kappa shape index (κ1) is 79.0. The lowest BCUT2D eigenvalue weighted by atomic mass is 10.0. The Kier molecular flexibility index (Phi) is 61.7. The summed E-state index contributed by atoms with van der Waals surface area (Å²) in [6, 6.07) is -0.886. The smallest absolute Gasteiger partial charge is 0.268 e. The molecule has 9 heteroatoms. The average Bonchev–Trinajstić information content (AvgIpc) is 3.42. The summed E-state index contributed by atoms with van der Waals surface area (Å²) in [6.07, 6.45) is 81.6. The van der Waals surface area contributed by atoms with E-state index >= 15 is 0 Å². The van der Waals surface area contributed by atoms with E-state index in [0.717, 1.165) is 38.5 Å². The summed E-state index contributed by atoms with van der Waals surface area (Å²) in [5.74, 6) is -0.189. The van der Waals surface area contributed by atoms with Gasteiger partial charge in [-0.3, -0.25) is 9.36 Å². The summed E-state index contributed by atoms with van der Waals surface area (Å²) >= 11 is 0. The molecule has 0 aliphatic carbocycles. The van der Waals surface area contributed by atoms with Gasteiger partial charge in [-0.2, -0.15) is 0 Å². The fourth-order valence-corrected chi connectivity index (χ4v) is 11.8. The van der Waals surface area contributed by atoms with Crippen LogP contribution in [0, 0.1) is 0 Å². The molecule has 0 aromatic carbocycles. The fourth-order valence-electron chi connectivity index (χ4n) is 11.1. The molecule has 0 aliphatic rings. The van der Waals surface area contributed by atoms with Gasteiger partial charge in [-0.1, -0.05) is 346 Å². The molecule has 0 aromatic heterocycles. The molecule has 0 aromatic rings. The van der Waals surface area contributed by atoms with Gasteiger partial charge in [0.2, 0.25) is 5.91 Å². The Hall–Kier alpha value is -1.02. The maximum Gasteiger partial charge on any atom is 0.268 e. The molecule has 0 aliphatic heterocycles. The molecular formula is C71H141N2O6P. The van der Waals surface area contributed by atoms with Gasteiger partial charge in [-0.05, 0) is 44.9 Å². The predicted octanol–water partition coefficient (Wildman–Crippen LogP) is 22.0. The number of allylic oxidation sites excluding steroid dienone is 3. The first-order valence-corrected chi connectivity index (χ1v) is 37.2. The third-order valence-corrected chi connectivity index (χ3v) is 17.6. The molecule has 0 fully saturated rings. The van der Waals surface area contributed by atoms with Crippen molar-refractivity contribution in [2.24, 2.45) is 0 Å². The topological polar surface area (TPSA) is 108 Å². The van der Waals surface area contributed by atoms with Crippen molar-refractivity contribution in [2.45, 2.75) is 386 Å². The number of likely N-dealkylation sites (N-methyl/N-ethyl adjacent to an activating group) is 1. The maximum atomic E-state index is 13.0. The second-order valence-corrected chi connectivity index (χ2v) is 27.4. The molecule has 3 unspecified atom stereocenters. The molecule has 80 heavy (non-hydrogen) atoms. The van der Waals surface area contributed by atoms with Gasteiger partial charge in [0.05, 0.1) is 39.9 Å². The fraction of sp³-hybridized carbons (Fsp3) is 0.930. The highest BCUT2D eigenvalue weighted by molar-refractivity contribution is 7.45. The number of quaternary nitrogens is 1. The van der Waals surface area contributed by atoms with Crippen LogP contribution in [-0.2, 0) is 18.4 Å². The summed E-state index contributed by atoms with van der Waals surface area (Å²) in [5, 5.41) is 14.0. The zero-order chi connectivity index (χ0) is 58.4. The van der Waals surface area contributed by atoms with Gasteiger partial charge in [-0.25, -0.2) is 0 Å². The quantitative estimate of drug-likeness (QED) is 0.0272. The van der Waals surface area contributed by atoms with E-state index < -0.39 is 20.0 Å². The first-order chi connectivity index (χ1) is 39.0. The number of phosphoric acid groups is 1. The molecule has 0 saturated heterocycles. The van der Waals surface area contributed by atoms with Crippen LogP contribution in [0.5, 0.6) is 0 Å². The van der Waals surface area contributed by atoms with Gasteiger partial charge in [0, 0.05) is 6.42 Å². The van der Waals surface area contributed by atoms with E-state index in [9.17, 15) is 19.4 Å². The van der Waals surface area contributed by atoms with Gasteiger partial charge < -0.3 is 28.8 Å². The number of nitrogens with zero attached hydrogens (tertiary/aromatic N) is 1. The molecule has 3 atom stereocenters. The monoisotopic (exact) mass is 1150 g/mol. The minimum absolute atomic E-state index is 0.00163. The number of aliphatic hydroxyl groups is 1. The van der Waals surface area contributed by atoms with Gasteiger partial charge in [0.1, 0.15) is 13.2 Å². The zero-order valence-electron chi connectivity index (χ0n) is 54.6. The normalized spacial score (nSPS) is 13.7. The number of nitrogens with one attached hydrogen (secondary N) is 1. The van der Waals surface area contributed by atoms with Gasteiger partial charge >= 0.3 is 0 Å². The highest BCUT2D eigenvalue weighted by Crippen LogP contribution is 2.38. The number of phosphoric ester groups is 1. The zero-order valence-corrected chi connectivity index (χ0v) is 55.5. The number of hydrogen-bond acceptors (Lipinski definition) is 6. The summed E-state index contributed by atoms with van der Waals surface area (Å²) < 4.78 is 23.5. The molecule has 0 rings (SSSR count). The Balaban J connectivity index is 4.03. The minimum atomic E-state index is -4.60. The third kappa shape index (κ3) is 64.5. The van der Waals surface area contributed by atoms with Gasteiger partial charge in [0.25, 0.3) is 7.82 Å². The molecular weight excluding hydrogens is 1010 g/mol. The lowest BCUT2D eigenvalue weighted by Gasteiger charge is -2.29. The average molecular weight is 1150 g/mol. The highest BCUT2D eigenvalue weighted by atomic mass is 31.2. The summed E-state index contributed by atoms with van der Waals surface area (Å²) in [4.78, 5) is 25.6. The summed E-state index contributed by atoms with van der Waals surface area (Å²) in [7, 11) is 1.28. The Labute approximate surface area is 500 Å². The van der Waals surface area contributed by atoms with Crippen molar-refractivity contribution in [1.82, 2.24) is 5.32 Å². The molecule has 1 amide bonds. The number of carbonyl (C=O) groups excluding carboxylic acids is 1. The van der Waals surface area contributed by atoms with Crippen LogP contribution >= 0.6 is 7.82 Å². The van der Waals surface area contributed by atoms with Crippen LogP contribution < -0.4 is 10.2 Å². The Morgan fingerprint density at radius 2 is 0.688 bits per heavy atom. The minimum Gasteiger partial charge on any atom is -0.756 e. The van der Waals surface area contributed by atoms with E-state index in [1.165, 1.54) is 315 Å². The number of aliphatic hydroxyl groups excluding tert-OH is 1. The van der Waals surface area contributed by atoms with Crippen LogP contribution in [-0.4, -0.2) is 68.5 Å². The van der Waals surface area contributed by atoms with Crippen LogP contribution in [0.15, 0.2) is 24.3 Å². The third-order valence-electron chi connectivity index (χ3n) is 16.7. The molecule has 8 nitrogen and oxygen atoms in total. The van der Waals surface area contributed by atoms with Gasteiger partial charge in [-0.15, -0.1) is 0 Å². The Morgan fingerprint density at radius 1 is 0.425 bits per heavy atom. The van der Waals surface area contributed by atoms with E-state index in [2.05, 4.69) is 31.3 Å².